The number of hydrogen-bond donors (Lipinski definition) is 2. The van der Waals surface area contributed by atoms with Gasteiger partial charge in [0, 0.05) is 16.6 Å². The van der Waals surface area contributed by atoms with Crippen LogP contribution in [-0.4, -0.2) is 23.5 Å². The lowest BCUT2D eigenvalue weighted by Crippen LogP contribution is -2.36. The first-order valence-corrected chi connectivity index (χ1v) is 7.01. The molecule has 2 N–H and O–H groups in total. The fraction of sp³-hybridized carbons (Fsp3) is 0.429. The monoisotopic (exact) mass is 317 g/mol. The largest absolute Gasteiger partial charge is 0.481 e. The maximum absolute atomic E-state index is 11.8. The normalized spacial score (nSPS) is 12.2. The average Bonchev–Trinajstić information content (AvgIpc) is 2.33. The van der Waals surface area contributed by atoms with Gasteiger partial charge in [-0.05, 0) is 23.6 Å². The molecular weight excluding hydrogens is 301 g/mol. The number of carbonyl (C=O) groups excluding carboxylic acids is 1. The van der Waals surface area contributed by atoms with Crippen molar-refractivity contribution in [3.8, 4) is 0 Å². The quantitative estimate of drug-likeness (QED) is 0.847. The van der Waals surface area contributed by atoms with Gasteiger partial charge in [-0.1, -0.05) is 43.1 Å². The molecule has 0 aliphatic rings. The van der Waals surface area contributed by atoms with Crippen LogP contribution < -0.4 is 5.32 Å². The zero-order valence-electron chi connectivity index (χ0n) is 11.3. The van der Waals surface area contributed by atoms with Crippen LogP contribution in [0.2, 0.25) is 10.0 Å². The molecule has 0 fully saturated rings. The number of benzene rings is 1. The van der Waals surface area contributed by atoms with Gasteiger partial charge in [0.2, 0.25) is 5.91 Å². The molecule has 1 amide bonds. The number of carbonyl (C=O) groups is 2. The van der Waals surface area contributed by atoms with Crippen molar-refractivity contribution < 1.29 is 14.7 Å². The third kappa shape index (κ3) is 4.69. The first-order valence-electron chi connectivity index (χ1n) is 6.25. The summed E-state index contributed by atoms with van der Waals surface area (Å²) in [6.07, 6.45) is 0.0307. The summed E-state index contributed by atoms with van der Waals surface area (Å²) in [5, 5.41) is 12.5. The summed E-state index contributed by atoms with van der Waals surface area (Å²) in [7, 11) is 0. The van der Waals surface area contributed by atoms with Gasteiger partial charge in [-0.2, -0.15) is 0 Å². The van der Waals surface area contributed by atoms with Crippen LogP contribution in [0, 0.1) is 11.8 Å². The molecule has 0 radical (unpaired) electrons. The van der Waals surface area contributed by atoms with E-state index in [1.54, 1.807) is 32.0 Å². The molecule has 0 saturated heterocycles. The standard InChI is InChI=1S/C14H17Cl2NO3/c1-8(2)10(14(19)20)7-17-13(18)6-9-11(15)4-3-5-12(9)16/h3-5,8,10H,6-7H2,1-2H3,(H,17,18)(H,19,20). The topological polar surface area (TPSA) is 66.4 Å². The smallest absolute Gasteiger partial charge is 0.308 e. The van der Waals surface area contributed by atoms with Gasteiger partial charge in [-0.25, -0.2) is 0 Å². The molecule has 0 saturated carbocycles. The Kier molecular flexibility index (Phi) is 6.30. The molecule has 0 aromatic heterocycles. The number of halogens is 2. The van der Waals surface area contributed by atoms with Crippen LogP contribution >= 0.6 is 23.2 Å². The van der Waals surface area contributed by atoms with E-state index in [0.29, 0.717) is 15.6 Å². The maximum Gasteiger partial charge on any atom is 0.308 e. The van der Waals surface area contributed by atoms with Crippen LogP contribution in [0.4, 0.5) is 0 Å². The van der Waals surface area contributed by atoms with E-state index in [9.17, 15) is 9.59 Å². The summed E-state index contributed by atoms with van der Waals surface area (Å²) < 4.78 is 0. The summed E-state index contributed by atoms with van der Waals surface area (Å²) >= 11 is 12.0. The zero-order valence-corrected chi connectivity index (χ0v) is 12.8. The van der Waals surface area contributed by atoms with Gasteiger partial charge in [0.05, 0.1) is 12.3 Å². The molecule has 6 heteroatoms. The second-order valence-electron chi connectivity index (χ2n) is 4.87. The van der Waals surface area contributed by atoms with Gasteiger partial charge in [0.1, 0.15) is 0 Å². The van der Waals surface area contributed by atoms with E-state index < -0.39 is 11.9 Å². The van der Waals surface area contributed by atoms with Crippen molar-refractivity contribution >= 4 is 35.1 Å². The molecule has 0 bridgehead atoms. The summed E-state index contributed by atoms with van der Waals surface area (Å²) in [5.41, 5.74) is 0.546. The van der Waals surface area contributed by atoms with E-state index in [1.807, 2.05) is 0 Å². The first-order chi connectivity index (χ1) is 9.32. The number of hydrogen-bond acceptors (Lipinski definition) is 2. The maximum atomic E-state index is 11.8. The van der Waals surface area contributed by atoms with E-state index in [4.69, 9.17) is 28.3 Å². The van der Waals surface area contributed by atoms with E-state index in [0.717, 1.165) is 0 Å². The van der Waals surface area contributed by atoms with Crippen molar-refractivity contribution in [1.29, 1.82) is 0 Å². The SMILES string of the molecule is CC(C)C(CNC(=O)Cc1c(Cl)cccc1Cl)C(=O)O. The molecule has 20 heavy (non-hydrogen) atoms. The first kappa shape index (κ1) is 16.8. The Morgan fingerprint density at radius 2 is 1.80 bits per heavy atom. The van der Waals surface area contributed by atoms with Crippen LogP contribution in [0.15, 0.2) is 18.2 Å². The third-order valence-electron chi connectivity index (χ3n) is 3.04. The number of rotatable bonds is 6. The van der Waals surface area contributed by atoms with E-state index in [-0.39, 0.29) is 24.8 Å². The van der Waals surface area contributed by atoms with Crippen molar-refractivity contribution in [2.24, 2.45) is 11.8 Å². The summed E-state index contributed by atoms with van der Waals surface area (Å²) in [4.78, 5) is 22.9. The van der Waals surface area contributed by atoms with Crippen LogP contribution in [0.1, 0.15) is 19.4 Å². The highest BCUT2D eigenvalue weighted by Gasteiger charge is 2.22. The fourth-order valence-electron chi connectivity index (χ4n) is 1.76. The predicted molar refractivity (Wildman–Crippen MR) is 79.1 cm³/mol. The van der Waals surface area contributed by atoms with E-state index >= 15 is 0 Å². The minimum absolute atomic E-state index is 0.0307. The Morgan fingerprint density at radius 1 is 1.25 bits per heavy atom. The highest BCUT2D eigenvalue weighted by Crippen LogP contribution is 2.24. The minimum atomic E-state index is -0.920. The predicted octanol–water partition coefficient (Wildman–Crippen LogP) is 3.01. The zero-order chi connectivity index (χ0) is 15.3. The second kappa shape index (κ2) is 7.50. The molecule has 1 unspecified atom stereocenters. The fourth-order valence-corrected chi connectivity index (χ4v) is 2.29. The van der Waals surface area contributed by atoms with Crippen molar-refractivity contribution in [2.45, 2.75) is 20.3 Å². The molecule has 0 aliphatic heterocycles. The number of nitrogens with one attached hydrogen (secondary N) is 1. The molecule has 0 spiro atoms. The molecular formula is C14H17Cl2NO3. The molecule has 4 nitrogen and oxygen atoms in total. The third-order valence-corrected chi connectivity index (χ3v) is 3.75. The molecule has 1 atom stereocenters. The van der Waals surface area contributed by atoms with Gasteiger partial charge in [0.25, 0.3) is 0 Å². The number of carboxylic acids is 1. The van der Waals surface area contributed by atoms with Crippen LogP contribution in [0.5, 0.6) is 0 Å². The molecule has 1 rings (SSSR count). The molecule has 110 valence electrons. The Labute approximate surface area is 128 Å². The number of aliphatic carboxylic acids is 1. The highest BCUT2D eigenvalue weighted by molar-refractivity contribution is 6.36. The average molecular weight is 318 g/mol. The summed E-state index contributed by atoms with van der Waals surface area (Å²) in [5.74, 6) is -1.89. The van der Waals surface area contributed by atoms with E-state index in [1.165, 1.54) is 0 Å². The van der Waals surface area contributed by atoms with Gasteiger partial charge < -0.3 is 10.4 Å². The van der Waals surface area contributed by atoms with Crippen molar-refractivity contribution in [3.63, 3.8) is 0 Å². The molecule has 0 heterocycles. The minimum Gasteiger partial charge on any atom is -0.481 e. The Balaban J connectivity index is 2.62. The highest BCUT2D eigenvalue weighted by atomic mass is 35.5. The van der Waals surface area contributed by atoms with Crippen LogP contribution in [0.25, 0.3) is 0 Å². The Hall–Kier alpha value is -1.26. The van der Waals surface area contributed by atoms with Crippen molar-refractivity contribution in [3.05, 3.63) is 33.8 Å². The number of amides is 1. The summed E-state index contributed by atoms with van der Waals surface area (Å²) in [6.45, 7) is 3.69. The van der Waals surface area contributed by atoms with Gasteiger partial charge >= 0.3 is 5.97 Å². The molecule has 0 aliphatic carbocycles. The van der Waals surface area contributed by atoms with Crippen molar-refractivity contribution in [2.75, 3.05) is 6.54 Å². The van der Waals surface area contributed by atoms with E-state index in [2.05, 4.69) is 5.32 Å². The Bertz CT molecular complexity index is 483. The summed E-state index contributed by atoms with van der Waals surface area (Å²) in [6, 6.07) is 5.01. The molecule has 1 aromatic carbocycles. The lowest BCUT2D eigenvalue weighted by atomic mass is 9.96. The van der Waals surface area contributed by atoms with Gasteiger partial charge in [-0.15, -0.1) is 0 Å². The lowest BCUT2D eigenvalue weighted by molar-refractivity contribution is -0.143. The number of carboxylic acid groups (broad SMARTS) is 1. The van der Waals surface area contributed by atoms with Gasteiger partial charge in [0.15, 0.2) is 0 Å². The lowest BCUT2D eigenvalue weighted by Gasteiger charge is -2.17. The molecule has 1 aromatic rings. The second-order valence-corrected chi connectivity index (χ2v) is 5.68. The van der Waals surface area contributed by atoms with Crippen molar-refractivity contribution in [1.82, 2.24) is 5.32 Å². The van der Waals surface area contributed by atoms with Gasteiger partial charge in [-0.3, -0.25) is 9.59 Å². The Morgan fingerprint density at radius 3 is 2.25 bits per heavy atom. The van der Waals surface area contributed by atoms with Crippen LogP contribution in [0.3, 0.4) is 0 Å². The van der Waals surface area contributed by atoms with Crippen LogP contribution in [-0.2, 0) is 16.0 Å².